The quantitative estimate of drug-likeness (QED) is 0.788. The molecule has 0 heterocycles. The van der Waals surface area contributed by atoms with Crippen LogP contribution in [0.4, 0.5) is 0 Å². The molecule has 2 rings (SSSR count). The van der Waals surface area contributed by atoms with E-state index in [1.807, 2.05) is 7.05 Å². The van der Waals surface area contributed by atoms with E-state index in [-0.39, 0.29) is 0 Å². The molecule has 0 aromatic heterocycles. The molecular formula is C16H25NO. The van der Waals surface area contributed by atoms with E-state index < -0.39 is 0 Å². The maximum atomic E-state index is 5.86. The molecule has 1 unspecified atom stereocenters. The van der Waals surface area contributed by atoms with Crippen LogP contribution in [-0.4, -0.2) is 13.2 Å². The van der Waals surface area contributed by atoms with Gasteiger partial charge >= 0.3 is 0 Å². The number of rotatable bonds is 7. The zero-order valence-electron chi connectivity index (χ0n) is 11.8. The maximum absolute atomic E-state index is 5.86. The Balaban J connectivity index is 1.99. The van der Waals surface area contributed by atoms with Gasteiger partial charge in [-0.15, -0.1) is 0 Å². The van der Waals surface area contributed by atoms with Gasteiger partial charge in [-0.3, -0.25) is 0 Å². The lowest BCUT2D eigenvalue weighted by molar-refractivity contribution is 0.302. The molecule has 0 spiro atoms. The number of hydrogen-bond donors (Lipinski definition) is 1. The van der Waals surface area contributed by atoms with Crippen LogP contribution in [0.5, 0.6) is 5.75 Å². The average Bonchev–Trinajstić information content (AvgIpc) is 3.14. The molecule has 1 aromatic carbocycles. The third-order valence-electron chi connectivity index (χ3n) is 3.47. The van der Waals surface area contributed by atoms with Gasteiger partial charge in [0.05, 0.1) is 6.10 Å². The SMILES string of the molecule is CNC(CCC(C)C)c1cccc(OC2CC2)c1. The maximum Gasteiger partial charge on any atom is 0.120 e. The Morgan fingerprint density at radius 1 is 1.28 bits per heavy atom. The summed E-state index contributed by atoms with van der Waals surface area (Å²) in [6.07, 6.45) is 5.34. The van der Waals surface area contributed by atoms with E-state index >= 15 is 0 Å². The third-order valence-corrected chi connectivity index (χ3v) is 3.47. The summed E-state index contributed by atoms with van der Waals surface area (Å²) < 4.78 is 5.86. The fourth-order valence-corrected chi connectivity index (χ4v) is 2.16. The highest BCUT2D eigenvalue weighted by molar-refractivity contribution is 5.31. The minimum absolute atomic E-state index is 0.440. The molecule has 1 aliphatic carbocycles. The molecule has 2 heteroatoms. The standard InChI is InChI=1S/C16H25NO/c1-12(2)7-10-16(17-3)13-5-4-6-15(11-13)18-14-8-9-14/h4-6,11-12,14,16-17H,7-10H2,1-3H3. The van der Waals surface area contributed by atoms with Crippen molar-refractivity contribution in [1.82, 2.24) is 5.32 Å². The largest absolute Gasteiger partial charge is 0.490 e. The van der Waals surface area contributed by atoms with Gasteiger partial charge in [0, 0.05) is 6.04 Å². The van der Waals surface area contributed by atoms with Gasteiger partial charge < -0.3 is 10.1 Å². The van der Waals surface area contributed by atoms with E-state index in [0.29, 0.717) is 12.1 Å². The van der Waals surface area contributed by atoms with Crippen molar-refractivity contribution < 1.29 is 4.74 Å². The van der Waals surface area contributed by atoms with E-state index in [1.165, 1.54) is 31.2 Å². The van der Waals surface area contributed by atoms with Gasteiger partial charge in [-0.2, -0.15) is 0 Å². The van der Waals surface area contributed by atoms with Crippen LogP contribution in [0.1, 0.15) is 51.1 Å². The Bertz CT molecular complexity index is 371. The van der Waals surface area contributed by atoms with Crippen molar-refractivity contribution in [3.8, 4) is 5.75 Å². The summed E-state index contributed by atoms with van der Waals surface area (Å²) in [5, 5.41) is 3.41. The van der Waals surface area contributed by atoms with E-state index in [0.717, 1.165) is 11.7 Å². The topological polar surface area (TPSA) is 21.3 Å². The summed E-state index contributed by atoms with van der Waals surface area (Å²) in [4.78, 5) is 0. The molecule has 0 radical (unpaired) electrons. The van der Waals surface area contributed by atoms with E-state index in [4.69, 9.17) is 4.74 Å². The van der Waals surface area contributed by atoms with Crippen LogP contribution in [0, 0.1) is 5.92 Å². The molecule has 100 valence electrons. The molecule has 1 aliphatic rings. The van der Waals surface area contributed by atoms with Gasteiger partial charge in [0.25, 0.3) is 0 Å². The Morgan fingerprint density at radius 2 is 2.06 bits per heavy atom. The van der Waals surface area contributed by atoms with Crippen LogP contribution in [0.2, 0.25) is 0 Å². The molecule has 1 N–H and O–H groups in total. The van der Waals surface area contributed by atoms with Crippen molar-refractivity contribution in [3.05, 3.63) is 29.8 Å². The van der Waals surface area contributed by atoms with Crippen molar-refractivity contribution in [3.63, 3.8) is 0 Å². The van der Waals surface area contributed by atoms with Crippen molar-refractivity contribution in [2.24, 2.45) is 5.92 Å². The van der Waals surface area contributed by atoms with Gasteiger partial charge in [0.1, 0.15) is 5.75 Å². The smallest absolute Gasteiger partial charge is 0.120 e. The average molecular weight is 247 g/mol. The highest BCUT2D eigenvalue weighted by Gasteiger charge is 2.23. The Labute approximate surface area is 111 Å². The van der Waals surface area contributed by atoms with Gasteiger partial charge in [-0.25, -0.2) is 0 Å². The second-order valence-electron chi connectivity index (χ2n) is 5.70. The van der Waals surface area contributed by atoms with Crippen molar-refractivity contribution >= 4 is 0 Å². The summed E-state index contributed by atoms with van der Waals surface area (Å²) in [5.41, 5.74) is 1.34. The second kappa shape index (κ2) is 6.24. The van der Waals surface area contributed by atoms with Crippen LogP contribution in [0.3, 0.4) is 0 Å². The molecule has 18 heavy (non-hydrogen) atoms. The Morgan fingerprint density at radius 3 is 2.67 bits per heavy atom. The summed E-state index contributed by atoms with van der Waals surface area (Å²) in [5.74, 6) is 1.78. The fourth-order valence-electron chi connectivity index (χ4n) is 2.16. The summed E-state index contributed by atoms with van der Waals surface area (Å²) >= 11 is 0. The number of ether oxygens (including phenoxy) is 1. The monoisotopic (exact) mass is 247 g/mol. The normalized spacial score (nSPS) is 16.9. The van der Waals surface area contributed by atoms with Crippen molar-refractivity contribution in [1.29, 1.82) is 0 Å². The predicted molar refractivity (Wildman–Crippen MR) is 76.0 cm³/mol. The minimum Gasteiger partial charge on any atom is -0.490 e. The van der Waals surface area contributed by atoms with Crippen LogP contribution < -0.4 is 10.1 Å². The van der Waals surface area contributed by atoms with Gasteiger partial charge in [0.15, 0.2) is 0 Å². The Kier molecular flexibility index (Phi) is 4.65. The first-order valence-corrected chi connectivity index (χ1v) is 7.13. The molecule has 1 atom stereocenters. The summed E-state index contributed by atoms with van der Waals surface area (Å²) in [7, 11) is 2.04. The molecule has 1 saturated carbocycles. The first kappa shape index (κ1) is 13.4. The molecule has 2 nitrogen and oxygen atoms in total. The summed E-state index contributed by atoms with van der Waals surface area (Å²) in [6.45, 7) is 4.55. The number of benzene rings is 1. The predicted octanol–water partition coefficient (Wildman–Crippen LogP) is 3.92. The lowest BCUT2D eigenvalue weighted by atomic mass is 9.97. The molecule has 0 aliphatic heterocycles. The zero-order valence-corrected chi connectivity index (χ0v) is 11.8. The van der Waals surface area contributed by atoms with Crippen molar-refractivity contribution in [2.75, 3.05) is 7.05 Å². The molecular weight excluding hydrogens is 222 g/mol. The van der Waals surface area contributed by atoms with E-state index in [1.54, 1.807) is 0 Å². The lowest BCUT2D eigenvalue weighted by Crippen LogP contribution is -2.17. The van der Waals surface area contributed by atoms with Gasteiger partial charge in [-0.05, 0) is 56.3 Å². The van der Waals surface area contributed by atoms with E-state index in [9.17, 15) is 0 Å². The first-order valence-electron chi connectivity index (χ1n) is 7.13. The van der Waals surface area contributed by atoms with Crippen LogP contribution in [0.15, 0.2) is 24.3 Å². The van der Waals surface area contributed by atoms with Gasteiger partial charge in [-0.1, -0.05) is 26.0 Å². The number of nitrogens with one attached hydrogen (secondary N) is 1. The second-order valence-corrected chi connectivity index (χ2v) is 5.70. The van der Waals surface area contributed by atoms with Crippen LogP contribution >= 0.6 is 0 Å². The highest BCUT2D eigenvalue weighted by atomic mass is 16.5. The lowest BCUT2D eigenvalue weighted by Gasteiger charge is -2.18. The first-order chi connectivity index (χ1) is 8.69. The van der Waals surface area contributed by atoms with Crippen LogP contribution in [0.25, 0.3) is 0 Å². The molecule has 0 bridgehead atoms. The Hall–Kier alpha value is -1.02. The number of hydrogen-bond acceptors (Lipinski definition) is 2. The fraction of sp³-hybridized carbons (Fsp3) is 0.625. The van der Waals surface area contributed by atoms with E-state index in [2.05, 4.69) is 43.4 Å². The zero-order chi connectivity index (χ0) is 13.0. The minimum atomic E-state index is 0.440. The molecule has 1 fully saturated rings. The molecule has 0 amide bonds. The van der Waals surface area contributed by atoms with Crippen molar-refractivity contribution in [2.45, 2.75) is 51.7 Å². The third kappa shape index (κ3) is 4.02. The highest BCUT2D eigenvalue weighted by Crippen LogP contribution is 2.29. The summed E-state index contributed by atoms with van der Waals surface area (Å²) in [6, 6.07) is 9.00. The van der Waals surface area contributed by atoms with Gasteiger partial charge in [0.2, 0.25) is 0 Å². The molecule has 1 aromatic rings. The van der Waals surface area contributed by atoms with Crippen LogP contribution in [-0.2, 0) is 0 Å². The molecule has 0 saturated heterocycles.